The lowest BCUT2D eigenvalue weighted by Crippen LogP contribution is -2.21. The molecule has 0 unspecified atom stereocenters. The molecule has 8 heteroatoms. The maximum atomic E-state index is 12.9. The van der Waals surface area contributed by atoms with E-state index in [0.29, 0.717) is 22.9 Å². The molecule has 1 aliphatic rings. The molecule has 1 aliphatic heterocycles. The summed E-state index contributed by atoms with van der Waals surface area (Å²) in [7, 11) is 1.58. The topological polar surface area (TPSA) is 89.3 Å². The molecule has 170 valence electrons. The van der Waals surface area contributed by atoms with Gasteiger partial charge in [0.15, 0.2) is 0 Å². The number of aryl methyl sites for hydroxylation is 2. The molecule has 32 heavy (non-hydrogen) atoms. The summed E-state index contributed by atoms with van der Waals surface area (Å²) in [6, 6.07) is 8.08. The number of amides is 1. The van der Waals surface area contributed by atoms with E-state index in [-0.39, 0.29) is 12.3 Å². The lowest BCUT2D eigenvalue weighted by Gasteiger charge is -2.12. The lowest BCUT2D eigenvalue weighted by molar-refractivity contribution is -0.115. The van der Waals surface area contributed by atoms with Gasteiger partial charge >= 0.3 is 0 Å². The molecule has 0 spiro atoms. The number of rotatable bonds is 5. The average molecular weight is 441 g/mol. The molecule has 2 N–H and O–H groups in total. The number of nitrogens with one attached hydrogen (secondary N) is 2. The van der Waals surface area contributed by atoms with Crippen molar-refractivity contribution in [2.24, 2.45) is 0 Å². The van der Waals surface area contributed by atoms with Crippen molar-refractivity contribution in [3.8, 4) is 16.9 Å². The number of benzene rings is 1. The van der Waals surface area contributed by atoms with Gasteiger partial charge in [-0.25, -0.2) is 4.39 Å². The smallest absolute Gasteiger partial charge is 0.230 e. The van der Waals surface area contributed by atoms with Gasteiger partial charge in [-0.05, 0) is 70.1 Å². The van der Waals surface area contributed by atoms with E-state index in [9.17, 15) is 9.18 Å². The van der Waals surface area contributed by atoms with Crippen molar-refractivity contribution in [1.82, 2.24) is 15.5 Å². The number of halogens is 1. The molecule has 0 bridgehead atoms. The van der Waals surface area contributed by atoms with Gasteiger partial charge < -0.3 is 19.9 Å². The zero-order valence-electron chi connectivity index (χ0n) is 18.7. The third kappa shape index (κ3) is 6.37. The molecule has 0 atom stereocenters. The van der Waals surface area contributed by atoms with Crippen LogP contribution >= 0.6 is 0 Å². The van der Waals surface area contributed by atoms with E-state index in [2.05, 4.69) is 20.8 Å². The van der Waals surface area contributed by atoms with E-state index in [4.69, 9.17) is 9.26 Å². The first-order valence-corrected chi connectivity index (χ1v) is 10.7. The van der Waals surface area contributed by atoms with E-state index in [0.717, 1.165) is 23.0 Å². The normalized spacial score (nSPS) is 13.1. The highest BCUT2D eigenvalue weighted by atomic mass is 19.1. The van der Waals surface area contributed by atoms with Crippen molar-refractivity contribution in [2.45, 2.75) is 39.5 Å². The minimum absolute atomic E-state index is 0.0486. The lowest BCUT2D eigenvalue weighted by atomic mass is 10.0. The van der Waals surface area contributed by atoms with Crippen molar-refractivity contribution in [3.63, 3.8) is 0 Å². The molecule has 2 aromatic heterocycles. The number of carbonyl (C=O) groups excluding carboxylic acids is 1. The van der Waals surface area contributed by atoms with Crippen LogP contribution < -0.4 is 15.4 Å². The van der Waals surface area contributed by atoms with Crippen molar-refractivity contribution < 1.29 is 18.4 Å². The number of carbonyl (C=O) groups is 1. The van der Waals surface area contributed by atoms with E-state index in [1.807, 2.05) is 13.8 Å². The van der Waals surface area contributed by atoms with Gasteiger partial charge in [-0.3, -0.25) is 9.78 Å². The molecule has 3 heterocycles. The molecule has 7 nitrogen and oxygen atoms in total. The van der Waals surface area contributed by atoms with Crippen LogP contribution in [0.1, 0.15) is 36.4 Å². The minimum atomic E-state index is -0.437. The summed E-state index contributed by atoms with van der Waals surface area (Å²) in [6.45, 7) is 6.16. The van der Waals surface area contributed by atoms with E-state index in [1.54, 1.807) is 25.3 Å². The first kappa shape index (κ1) is 23.4. The van der Waals surface area contributed by atoms with Gasteiger partial charge in [0, 0.05) is 16.9 Å². The zero-order chi connectivity index (χ0) is 22.9. The van der Waals surface area contributed by atoms with Crippen molar-refractivity contribution >= 4 is 11.6 Å². The van der Waals surface area contributed by atoms with Gasteiger partial charge in [0.1, 0.15) is 17.3 Å². The number of aromatic nitrogens is 2. The van der Waals surface area contributed by atoms with Crippen molar-refractivity contribution in [3.05, 3.63) is 59.5 Å². The first-order valence-electron chi connectivity index (χ1n) is 10.7. The highest BCUT2D eigenvalue weighted by molar-refractivity contribution is 5.93. The van der Waals surface area contributed by atoms with Crippen molar-refractivity contribution in [2.75, 3.05) is 25.5 Å². The Kier molecular flexibility index (Phi) is 8.33. The summed E-state index contributed by atoms with van der Waals surface area (Å²) >= 11 is 0. The third-order valence-electron chi connectivity index (χ3n) is 5.12. The minimum Gasteiger partial charge on any atom is -0.496 e. The number of nitrogens with zero attached hydrogens (tertiary/aromatic N) is 2. The fourth-order valence-corrected chi connectivity index (χ4v) is 3.53. The van der Waals surface area contributed by atoms with Crippen LogP contribution in [0.5, 0.6) is 5.75 Å². The standard InChI is InChI=1S/C19H18FN3O3.C5H11N/c1-11-19(12(2)26-23-11)16-8-15(6-7-17(16)25-3)22-18(24)9-14-5-4-13(20)10-21-14;1-2-4-6-5-3-1/h4-8,10H,9H2,1-3H3,(H,22,24);6H,1-5H2. The summed E-state index contributed by atoms with van der Waals surface area (Å²) in [5.74, 6) is 0.629. The molecular weight excluding hydrogens is 411 g/mol. The molecule has 1 fully saturated rings. The Morgan fingerprint density at radius 3 is 2.50 bits per heavy atom. The maximum absolute atomic E-state index is 12.9. The molecule has 0 saturated carbocycles. The number of anilines is 1. The average Bonchev–Trinajstić information content (AvgIpc) is 3.14. The van der Waals surface area contributed by atoms with Gasteiger partial charge in [-0.2, -0.15) is 0 Å². The van der Waals surface area contributed by atoms with Gasteiger partial charge in [0.25, 0.3) is 0 Å². The monoisotopic (exact) mass is 440 g/mol. The van der Waals surface area contributed by atoms with Crippen LogP contribution in [-0.2, 0) is 11.2 Å². The Hall–Kier alpha value is -3.26. The molecular formula is C24H29FN4O3. The molecule has 1 aromatic carbocycles. The van der Waals surface area contributed by atoms with Crippen LogP contribution in [0.3, 0.4) is 0 Å². The Labute approximate surface area is 187 Å². The van der Waals surface area contributed by atoms with Gasteiger partial charge in [0.05, 0.1) is 31.0 Å². The van der Waals surface area contributed by atoms with Gasteiger partial charge in [-0.15, -0.1) is 0 Å². The van der Waals surface area contributed by atoms with E-state index >= 15 is 0 Å². The van der Waals surface area contributed by atoms with Crippen LogP contribution in [-0.4, -0.2) is 36.2 Å². The molecule has 0 aliphatic carbocycles. The molecule has 3 aromatic rings. The predicted octanol–water partition coefficient (Wildman–Crippen LogP) is 4.44. The second-order valence-corrected chi connectivity index (χ2v) is 7.62. The summed E-state index contributed by atoms with van der Waals surface area (Å²) in [4.78, 5) is 16.1. The second kappa shape index (κ2) is 11.4. The number of hydrogen-bond acceptors (Lipinski definition) is 6. The maximum Gasteiger partial charge on any atom is 0.230 e. The molecule has 4 rings (SSSR count). The summed E-state index contributed by atoms with van der Waals surface area (Å²) < 4.78 is 23.5. The first-order chi connectivity index (χ1) is 15.5. The fourth-order valence-electron chi connectivity index (χ4n) is 3.53. The highest BCUT2D eigenvalue weighted by Crippen LogP contribution is 2.36. The van der Waals surface area contributed by atoms with Crippen LogP contribution in [0, 0.1) is 19.7 Å². The summed E-state index contributed by atoms with van der Waals surface area (Å²) in [6.07, 6.45) is 5.35. The fraction of sp³-hybridized carbons (Fsp3) is 0.375. The van der Waals surface area contributed by atoms with Crippen LogP contribution in [0.25, 0.3) is 11.1 Å². The summed E-state index contributed by atoms with van der Waals surface area (Å²) in [5.41, 5.74) is 3.44. The second-order valence-electron chi connectivity index (χ2n) is 7.62. The molecule has 1 amide bonds. The van der Waals surface area contributed by atoms with Crippen LogP contribution in [0.15, 0.2) is 41.1 Å². The Balaban J connectivity index is 0.000000416. The van der Waals surface area contributed by atoms with Crippen molar-refractivity contribution in [1.29, 1.82) is 0 Å². The van der Waals surface area contributed by atoms with E-state index in [1.165, 1.54) is 44.5 Å². The number of pyridine rings is 1. The third-order valence-corrected chi connectivity index (χ3v) is 5.12. The number of ether oxygens (including phenoxy) is 1. The number of piperidine rings is 1. The summed E-state index contributed by atoms with van der Waals surface area (Å²) in [5, 5.41) is 10.1. The molecule has 1 saturated heterocycles. The number of methoxy groups -OCH3 is 1. The van der Waals surface area contributed by atoms with Gasteiger partial charge in [0.2, 0.25) is 5.91 Å². The quantitative estimate of drug-likeness (QED) is 0.610. The van der Waals surface area contributed by atoms with E-state index < -0.39 is 5.82 Å². The van der Waals surface area contributed by atoms with Crippen LogP contribution in [0.2, 0.25) is 0 Å². The SMILES string of the molecule is C1CCNCC1.COc1ccc(NC(=O)Cc2ccc(F)cn2)cc1-c1c(C)noc1C. The predicted molar refractivity (Wildman–Crippen MR) is 121 cm³/mol. The van der Waals surface area contributed by atoms with Gasteiger partial charge in [-0.1, -0.05) is 11.6 Å². The van der Waals surface area contributed by atoms with Crippen LogP contribution in [0.4, 0.5) is 10.1 Å². The Bertz CT molecular complexity index is 999. The Morgan fingerprint density at radius 2 is 1.97 bits per heavy atom. The highest BCUT2D eigenvalue weighted by Gasteiger charge is 2.17. The molecule has 0 radical (unpaired) electrons. The zero-order valence-corrected chi connectivity index (χ0v) is 18.7. The largest absolute Gasteiger partial charge is 0.496 e. The number of hydrogen-bond donors (Lipinski definition) is 2. The Morgan fingerprint density at radius 1 is 1.19 bits per heavy atom.